The summed E-state index contributed by atoms with van der Waals surface area (Å²) in [4.78, 5) is 15.8. The molecule has 200 valence electrons. The lowest BCUT2D eigenvalue weighted by molar-refractivity contribution is 0.306. The first-order valence-electron chi connectivity index (χ1n) is 13.8. The molecule has 0 unspecified atom stereocenters. The molecule has 3 aromatic heterocycles. The van der Waals surface area contributed by atoms with E-state index < -0.39 is 0 Å². The summed E-state index contributed by atoms with van der Waals surface area (Å²) in [6, 6.07) is 31.3. The third kappa shape index (κ3) is 6.45. The fourth-order valence-corrected chi connectivity index (χ4v) is 4.97. The molecule has 0 saturated heterocycles. The summed E-state index contributed by atoms with van der Waals surface area (Å²) < 4.78 is 0. The van der Waals surface area contributed by atoms with Gasteiger partial charge in [0.15, 0.2) is 0 Å². The van der Waals surface area contributed by atoms with Crippen molar-refractivity contribution >= 4 is 49.8 Å². The van der Waals surface area contributed by atoms with E-state index in [1.165, 1.54) is 0 Å². The minimum absolute atomic E-state index is 0.856. The van der Waals surface area contributed by atoms with Gasteiger partial charge in [-0.1, -0.05) is 18.2 Å². The Morgan fingerprint density at radius 2 is 0.800 bits per heavy atom. The van der Waals surface area contributed by atoms with E-state index in [0.29, 0.717) is 0 Å². The van der Waals surface area contributed by atoms with Gasteiger partial charge in [-0.25, -0.2) is 0 Å². The molecule has 7 nitrogen and oxygen atoms in total. The molecule has 6 rings (SSSR count). The molecule has 0 spiro atoms. The van der Waals surface area contributed by atoms with Crippen molar-refractivity contribution in [2.75, 3.05) is 55.2 Å². The molecule has 0 radical (unpaired) electrons. The number of rotatable bonds is 12. The van der Waals surface area contributed by atoms with E-state index in [4.69, 9.17) is 0 Å². The third-order valence-corrected chi connectivity index (χ3v) is 7.08. The van der Waals surface area contributed by atoms with Crippen molar-refractivity contribution in [3.05, 3.63) is 110 Å². The number of nitrogens with one attached hydrogen (secondary N) is 3. The highest BCUT2D eigenvalue weighted by Gasteiger charge is 2.07. The Morgan fingerprint density at radius 1 is 0.450 bits per heavy atom. The number of pyridine rings is 3. The highest BCUT2D eigenvalue weighted by atomic mass is 15.2. The molecule has 0 aliphatic heterocycles. The average Bonchev–Trinajstić information content (AvgIpc) is 3.00. The molecule has 3 heterocycles. The Labute approximate surface area is 234 Å². The molecule has 0 amide bonds. The quantitative estimate of drug-likeness (QED) is 0.173. The first-order chi connectivity index (χ1) is 19.8. The van der Waals surface area contributed by atoms with Crippen LogP contribution in [0.25, 0.3) is 32.7 Å². The van der Waals surface area contributed by atoms with Crippen molar-refractivity contribution in [3.8, 4) is 0 Å². The Bertz CT molecular complexity index is 1520. The summed E-state index contributed by atoms with van der Waals surface area (Å²) in [7, 11) is 0. The molecular weight excluding hydrogens is 494 g/mol. The van der Waals surface area contributed by atoms with E-state index in [1.54, 1.807) is 0 Å². The van der Waals surface area contributed by atoms with E-state index in [-0.39, 0.29) is 0 Å². The molecule has 3 aromatic carbocycles. The van der Waals surface area contributed by atoms with Gasteiger partial charge in [-0.15, -0.1) is 0 Å². The number of aromatic nitrogens is 3. The zero-order chi connectivity index (χ0) is 27.0. The van der Waals surface area contributed by atoms with Crippen LogP contribution in [0.4, 0.5) is 17.1 Å². The summed E-state index contributed by atoms with van der Waals surface area (Å²) in [5, 5.41) is 14.2. The fourth-order valence-electron chi connectivity index (χ4n) is 4.97. The third-order valence-electron chi connectivity index (χ3n) is 7.08. The van der Waals surface area contributed by atoms with Gasteiger partial charge >= 0.3 is 0 Å². The fraction of sp³-hybridized carbons (Fsp3) is 0.182. The van der Waals surface area contributed by atoms with Crippen molar-refractivity contribution in [2.45, 2.75) is 0 Å². The van der Waals surface area contributed by atoms with Crippen LogP contribution in [0.3, 0.4) is 0 Å². The number of nitrogens with zero attached hydrogens (tertiary/aromatic N) is 4. The van der Waals surface area contributed by atoms with E-state index >= 15 is 0 Å². The summed E-state index contributed by atoms with van der Waals surface area (Å²) >= 11 is 0. The van der Waals surface area contributed by atoms with Gasteiger partial charge in [-0.05, 0) is 72.8 Å². The Morgan fingerprint density at radius 3 is 1.15 bits per heavy atom. The second kappa shape index (κ2) is 12.4. The van der Waals surface area contributed by atoms with Crippen LogP contribution < -0.4 is 16.0 Å². The summed E-state index contributed by atoms with van der Waals surface area (Å²) in [6.07, 6.45) is 5.50. The van der Waals surface area contributed by atoms with Crippen molar-refractivity contribution in [2.24, 2.45) is 0 Å². The lowest BCUT2D eigenvalue weighted by Gasteiger charge is -2.24. The molecule has 0 atom stereocenters. The molecule has 0 aliphatic carbocycles. The molecule has 0 fully saturated rings. The monoisotopic (exact) mass is 527 g/mol. The summed E-state index contributed by atoms with van der Waals surface area (Å²) in [5.41, 5.74) is 6.39. The molecule has 0 bridgehead atoms. The van der Waals surface area contributed by atoms with E-state index in [2.05, 4.69) is 109 Å². The Balaban J connectivity index is 1.06. The highest BCUT2D eigenvalue weighted by Crippen LogP contribution is 2.19. The van der Waals surface area contributed by atoms with Gasteiger partial charge in [0.2, 0.25) is 0 Å². The maximum Gasteiger partial charge on any atom is 0.0703 e. The van der Waals surface area contributed by atoms with Gasteiger partial charge in [0.25, 0.3) is 0 Å². The van der Waals surface area contributed by atoms with Crippen molar-refractivity contribution in [3.63, 3.8) is 0 Å². The van der Waals surface area contributed by atoms with Gasteiger partial charge in [0, 0.05) is 91.1 Å². The number of hydrogen-bond acceptors (Lipinski definition) is 7. The molecule has 3 N–H and O–H groups in total. The van der Waals surface area contributed by atoms with Crippen LogP contribution in [0.1, 0.15) is 0 Å². The molecule has 0 aliphatic rings. The van der Waals surface area contributed by atoms with Crippen LogP contribution in [0.15, 0.2) is 110 Å². The smallest absolute Gasteiger partial charge is 0.0703 e. The summed E-state index contributed by atoms with van der Waals surface area (Å²) in [5.74, 6) is 0. The Hall–Kier alpha value is -4.75. The molecular formula is C33H33N7. The van der Waals surface area contributed by atoms with Gasteiger partial charge in [0.1, 0.15) is 0 Å². The number of fused-ring (bicyclic) bond motifs is 3. The topological polar surface area (TPSA) is 78.0 Å². The lowest BCUT2D eigenvalue weighted by Crippen LogP contribution is -2.36. The van der Waals surface area contributed by atoms with Gasteiger partial charge < -0.3 is 16.0 Å². The first-order valence-corrected chi connectivity index (χ1v) is 13.8. The maximum atomic E-state index is 4.42. The number of hydrogen-bond donors (Lipinski definition) is 3. The Kier molecular flexibility index (Phi) is 7.92. The van der Waals surface area contributed by atoms with Crippen LogP contribution in [0, 0.1) is 0 Å². The van der Waals surface area contributed by atoms with Crippen LogP contribution in [-0.2, 0) is 0 Å². The largest absolute Gasteiger partial charge is 0.384 e. The lowest BCUT2D eigenvalue weighted by atomic mass is 10.2. The maximum absolute atomic E-state index is 4.42. The standard InChI is InChI=1S/C33H33N7/c1-4-25-22-28(7-10-31(25)37-13-1)34-16-19-40(20-17-35-29-8-11-32-26(23-29)5-2-14-38-32)21-18-36-30-9-12-33-27(24-30)6-3-15-39-33/h1-15,22-24,34-36H,16-21H2. The van der Waals surface area contributed by atoms with Gasteiger partial charge in [-0.2, -0.15) is 0 Å². The van der Waals surface area contributed by atoms with E-state index in [1.807, 2.05) is 36.8 Å². The second-order valence-electron chi connectivity index (χ2n) is 9.85. The van der Waals surface area contributed by atoms with Crippen LogP contribution in [0.5, 0.6) is 0 Å². The van der Waals surface area contributed by atoms with Crippen molar-refractivity contribution in [1.82, 2.24) is 19.9 Å². The van der Waals surface area contributed by atoms with Crippen molar-refractivity contribution < 1.29 is 0 Å². The predicted octanol–water partition coefficient (Wildman–Crippen LogP) is 6.27. The SMILES string of the molecule is c1cnc2ccc(NCCN(CCNc3ccc4ncccc4c3)CCNc3ccc4ncccc4c3)cc2c1. The molecule has 40 heavy (non-hydrogen) atoms. The predicted molar refractivity (Wildman–Crippen MR) is 167 cm³/mol. The van der Waals surface area contributed by atoms with Gasteiger partial charge in [-0.3, -0.25) is 19.9 Å². The van der Waals surface area contributed by atoms with E-state index in [9.17, 15) is 0 Å². The van der Waals surface area contributed by atoms with Gasteiger partial charge in [0.05, 0.1) is 16.6 Å². The second-order valence-corrected chi connectivity index (χ2v) is 9.85. The number of anilines is 3. The normalized spacial score (nSPS) is 11.3. The minimum atomic E-state index is 0.856. The zero-order valence-electron chi connectivity index (χ0n) is 22.4. The average molecular weight is 528 g/mol. The zero-order valence-corrected chi connectivity index (χ0v) is 22.4. The van der Waals surface area contributed by atoms with Crippen LogP contribution >= 0.6 is 0 Å². The number of benzene rings is 3. The highest BCUT2D eigenvalue weighted by molar-refractivity contribution is 5.83. The minimum Gasteiger partial charge on any atom is -0.384 e. The first kappa shape index (κ1) is 25.5. The van der Waals surface area contributed by atoms with Crippen molar-refractivity contribution in [1.29, 1.82) is 0 Å². The molecule has 0 saturated carbocycles. The molecule has 7 heteroatoms. The molecule has 6 aromatic rings. The van der Waals surface area contributed by atoms with Crippen LogP contribution in [0.2, 0.25) is 0 Å². The van der Waals surface area contributed by atoms with Crippen LogP contribution in [-0.4, -0.2) is 59.1 Å². The summed E-state index contributed by atoms with van der Waals surface area (Å²) in [6.45, 7) is 5.35. The van der Waals surface area contributed by atoms with E-state index in [0.717, 1.165) is 89.0 Å².